The number of hydrogen-bond donors (Lipinski definition) is 0. The highest BCUT2D eigenvalue weighted by Gasteiger charge is 2.39. The Hall–Kier alpha value is -3.59. The Labute approximate surface area is 197 Å². The quantitative estimate of drug-likeness (QED) is 0.435. The minimum atomic E-state index is 0.267. The van der Waals surface area contributed by atoms with Crippen molar-refractivity contribution >= 4 is 16.7 Å². The van der Waals surface area contributed by atoms with Gasteiger partial charge in [-0.1, -0.05) is 0 Å². The van der Waals surface area contributed by atoms with E-state index in [4.69, 9.17) is 14.5 Å². The first-order valence-corrected chi connectivity index (χ1v) is 11.7. The van der Waals surface area contributed by atoms with Crippen molar-refractivity contribution < 1.29 is 9.47 Å². The van der Waals surface area contributed by atoms with Crippen molar-refractivity contribution in [3.63, 3.8) is 0 Å². The van der Waals surface area contributed by atoms with Crippen molar-refractivity contribution in [1.82, 2.24) is 29.5 Å². The van der Waals surface area contributed by atoms with Gasteiger partial charge in [0.15, 0.2) is 5.52 Å². The minimum Gasteiger partial charge on any atom is -0.479 e. The van der Waals surface area contributed by atoms with E-state index in [1.54, 1.807) is 13.3 Å². The Kier molecular flexibility index (Phi) is 5.13. The van der Waals surface area contributed by atoms with Gasteiger partial charge in [0.25, 0.3) is 0 Å². The molecule has 0 spiro atoms. The van der Waals surface area contributed by atoms with E-state index in [0.29, 0.717) is 30.3 Å². The van der Waals surface area contributed by atoms with Crippen LogP contribution in [0.15, 0.2) is 43.0 Å². The van der Waals surface area contributed by atoms with Crippen LogP contribution in [0.3, 0.4) is 0 Å². The number of nitrogens with zero attached hydrogens (tertiary/aromatic N) is 7. The monoisotopic (exact) mass is 457 g/mol. The van der Waals surface area contributed by atoms with Gasteiger partial charge in [-0.3, -0.25) is 4.98 Å². The second kappa shape index (κ2) is 8.32. The highest BCUT2D eigenvalue weighted by molar-refractivity contribution is 5.84. The highest BCUT2D eigenvalue weighted by atomic mass is 16.5. The fraction of sp³-hybridized carbons (Fsp3) is 0.400. The summed E-state index contributed by atoms with van der Waals surface area (Å²) in [5, 5.41) is 0. The molecule has 9 heteroatoms. The fourth-order valence-electron chi connectivity index (χ4n) is 4.88. The molecule has 2 bridgehead atoms. The zero-order valence-corrected chi connectivity index (χ0v) is 19.5. The summed E-state index contributed by atoms with van der Waals surface area (Å²) < 4.78 is 13.3. The topological polar surface area (TPSA) is 91.1 Å². The highest BCUT2D eigenvalue weighted by Crippen LogP contribution is 2.32. The number of imidazole rings is 1. The zero-order valence-electron chi connectivity index (χ0n) is 19.5. The molecule has 4 aromatic rings. The maximum absolute atomic E-state index is 5.71. The summed E-state index contributed by atoms with van der Waals surface area (Å²) >= 11 is 0. The number of fused-ring (bicyclic) bond motifs is 3. The number of pyridine rings is 2. The van der Waals surface area contributed by atoms with Crippen molar-refractivity contribution in [1.29, 1.82) is 0 Å². The molecular weight excluding hydrogens is 430 g/mol. The maximum atomic E-state index is 5.71. The number of rotatable bonds is 6. The van der Waals surface area contributed by atoms with Crippen molar-refractivity contribution in [2.45, 2.75) is 44.9 Å². The predicted molar refractivity (Wildman–Crippen MR) is 128 cm³/mol. The van der Waals surface area contributed by atoms with Gasteiger partial charge in [0.2, 0.25) is 5.88 Å². The molecule has 0 radical (unpaired) electrons. The molecule has 0 saturated carbocycles. The summed E-state index contributed by atoms with van der Waals surface area (Å²) in [5.74, 6) is 1.19. The first kappa shape index (κ1) is 21.0. The largest absolute Gasteiger partial charge is 0.479 e. The molecule has 6 rings (SSSR count). The molecule has 6 heterocycles. The van der Waals surface area contributed by atoms with Crippen LogP contribution >= 0.6 is 0 Å². The number of morpholine rings is 1. The van der Waals surface area contributed by atoms with Crippen LogP contribution in [0, 0.1) is 0 Å². The predicted octanol–water partition coefficient (Wildman–Crippen LogP) is 3.44. The van der Waals surface area contributed by atoms with Gasteiger partial charge in [-0.25, -0.2) is 19.9 Å². The van der Waals surface area contributed by atoms with Crippen LogP contribution in [-0.2, 0) is 11.2 Å². The molecule has 0 aromatic carbocycles. The standard InChI is InChI=1S/C25H27N7O2/c1-15(2)32-14-28-24-22(32)10-21(30-25(24)33-3)20-6-7-26-23(29-20)8-16-4-5-17(11-27-16)31-12-19-9-18(31)13-34-19/h4-7,10-11,14-15,18-19H,8-9,12-13H2,1-3H3. The maximum Gasteiger partial charge on any atom is 0.242 e. The zero-order chi connectivity index (χ0) is 23.2. The van der Waals surface area contributed by atoms with Crippen LogP contribution in [0.5, 0.6) is 5.88 Å². The number of aromatic nitrogens is 6. The molecule has 2 aliphatic rings. The van der Waals surface area contributed by atoms with Crippen LogP contribution < -0.4 is 9.64 Å². The lowest BCUT2D eigenvalue weighted by molar-refractivity contribution is 0.0991. The van der Waals surface area contributed by atoms with Gasteiger partial charge in [-0.2, -0.15) is 0 Å². The molecule has 2 fully saturated rings. The Morgan fingerprint density at radius 3 is 2.74 bits per heavy atom. The SMILES string of the molecule is COc1nc(-c2ccnc(Cc3ccc(N4CC5CC4CO5)cn3)n2)cc2c1ncn2C(C)C. The number of ether oxygens (including phenoxy) is 2. The molecule has 2 unspecified atom stereocenters. The van der Waals surface area contributed by atoms with Crippen molar-refractivity contribution in [3.8, 4) is 17.3 Å². The van der Waals surface area contributed by atoms with Crippen molar-refractivity contribution in [2.75, 3.05) is 25.2 Å². The molecule has 0 N–H and O–H groups in total. The minimum absolute atomic E-state index is 0.267. The second-order valence-corrected chi connectivity index (χ2v) is 9.17. The van der Waals surface area contributed by atoms with Crippen LogP contribution in [0.25, 0.3) is 22.4 Å². The third-order valence-corrected chi connectivity index (χ3v) is 6.63. The first-order valence-electron chi connectivity index (χ1n) is 11.7. The summed E-state index contributed by atoms with van der Waals surface area (Å²) in [4.78, 5) is 25.5. The van der Waals surface area contributed by atoms with Gasteiger partial charge in [0.1, 0.15) is 5.82 Å². The van der Waals surface area contributed by atoms with E-state index in [0.717, 1.165) is 53.4 Å². The van der Waals surface area contributed by atoms with E-state index >= 15 is 0 Å². The van der Waals surface area contributed by atoms with E-state index in [1.807, 2.05) is 24.7 Å². The third kappa shape index (κ3) is 3.66. The molecule has 2 saturated heterocycles. The van der Waals surface area contributed by atoms with Crippen LogP contribution in [0.1, 0.15) is 37.8 Å². The van der Waals surface area contributed by atoms with E-state index in [2.05, 4.69) is 55.4 Å². The van der Waals surface area contributed by atoms with Gasteiger partial charge >= 0.3 is 0 Å². The Balaban J connectivity index is 1.26. The normalized spacial score (nSPS) is 19.5. The third-order valence-electron chi connectivity index (χ3n) is 6.63. The summed E-state index contributed by atoms with van der Waals surface area (Å²) in [6, 6.07) is 8.83. The smallest absolute Gasteiger partial charge is 0.242 e. The Morgan fingerprint density at radius 1 is 1.12 bits per heavy atom. The Bertz CT molecular complexity index is 1340. The van der Waals surface area contributed by atoms with Crippen LogP contribution in [0.2, 0.25) is 0 Å². The second-order valence-electron chi connectivity index (χ2n) is 9.17. The molecule has 174 valence electrons. The molecule has 4 aromatic heterocycles. The van der Waals surface area contributed by atoms with Crippen LogP contribution in [-0.4, -0.2) is 61.9 Å². The summed E-state index contributed by atoms with van der Waals surface area (Å²) in [7, 11) is 1.61. The van der Waals surface area contributed by atoms with Gasteiger partial charge in [-0.05, 0) is 44.5 Å². The average molecular weight is 458 g/mol. The van der Waals surface area contributed by atoms with Gasteiger partial charge in [0.05, 0.1) is 67.4 Å². The molecule has 9 nitrogen and oxygen atoms in total. The molecule has 34 heavy (non-hydrogen) atoms. The summed E-state index contributed by atoms with van der Waals surface area (Å²) in [5.41, 5.74) is 5.27. The fourth-order valence-corrected chi connectivity index (χ4v) is 4.88. The van der Waals surface area contributed by atoms with Crippen LogP contribution in [0.4, 0.5) is 5.69 Å². The Morgan fingerprint density at radius 2 is 2.03 bits per heavy atom. The van der Waals surface area contributed by atoms with Crippen molar-refractivity contribution in [2.24, 2.45) is 0 Å². The number of hydrogen-bond acceptors (Lipinski definition) is 8. The van der Waals surface area contributed by atoms with Gasteiger partial charge in [0, 0.05) is 24.5 Å². The first-order chi connectivity index (χ1) is 16.6. The molecule has 2 aliphatic heterocycles. The van der Waals surface area contributed by atoms with E-state index < -0.39 is 0 Å². The van der Waals surface area contributed by atoms with E-state index in [9.17, 15) is 0 Å². The van der Waals surface area contributed by atoms with Gasteiger partial charge in [-0.15, -0.1) is 0 Å². The lowest BCUT2D eigenvalue weighted by atomic mass is 10.2. The number of anilines is 1. The van der Waals surface area contributed by atoms with Crippen molar-refractivity contribution in [3.05, 3.63) is 54.5 Å². The number of methoxy groups -OCH3 is 1. The average Bonchev–Trinajstić information content (AvgIpc) is 3.60. The molecule has 2 atom stereocenters. The summed E-state index contributed by atoms with van der Waals surface area (Å²) in [6.45, 7) is 6.01. The van der Waals surface area contributed by atoms with Gasteiger partial charge < -0.3 is 18.9 Å². The van der Waals surface area contributed by atoms with E-state index in [1.165, 1.54) is 0 Å². The lowest BCUT2D eigenvalue weighted by Crippen LogP contribution is -2.36. The molecule has 0 aliphatic carbocycles. The molecular formula is C25H27N7O2. The molecule has 0 amide bonds. The van der Waals surface area contributed by atoms with E-state index in [-0.39, 0.29) is 6.04 Å². The summed E-state index contributed by atoms with van der Waals surface area (Å²) in [6.07, 6.45) is 7.58. The lowest BCUT2D eigenvalue weighted by Gasteiger charge is -2.28.